The Kier molecular flexibility index (Phi) is 4.17. The lowest BCUT2D eigenvalue weighted by atomic mass is 10.1. The number of amides is 1. The van der Waals surface area contributed by atoms with E-state index >= 15 is 0 Å². The van der Waals surface area contributed by atoms with Crippen LogP contribution < -0.4 is 4.74 Å². The summed E-state index contributed by atoms with van der Waals surface area (Å²) < 4.78 is 10.7. The summed E-state index contributed by atoms with van der Waals surface area (Å²) in [4.78, 5) is 14.5. The van der Waals surface area contributed by atoms with Gasteiger partial charge >= 0.3 is 0 Å². The van der Waals surface area contributed by atoms with Crippen LogP contribution in [0.3, 0.4) is 0 Å². The molecule has 0 N–H and O–H groups in total. The van der Waals surface area contributed by atoms with E-state index in [0.717, 1.165) is 36.5 Å². The fourth-order valence-electron chi connectivity index (χ4n) is 2.70. The molecule has 0 radical (unpaired) electrons. The zero-order valence-electron chi connectivity index (χ0n) is 11.6. The van der Waals surface area contributed by atoms with Gasteiger partial charge in [0.15, 0.2) is 0 Å². The van der Waals surface area contributed by atoms with E-state index in [9.17, 15) is 4.79 Å². The van der Waals surface area contributed by atoms with Gasteiger partial charge in [-0.15, -0.1) is 11.8 Å². The second kappa shape index (κ2) is 6.06. The van der Waals surface area contributed by atoms with Gasteiger partial charge in [-0.05, 0) is 30.5 Å². The molecular weight excluding hydrogens is 274 g/mol. The van der Waals surface area contributed by atoms with Crippen LogP contribution in [0.15, 0.2) is 24.3 Å². The van der Waals surface area contributed by atoms with E-state index in [0.29, 0.717) is 6.61 Å². The van der Waals surface area contributed by atoms with Gasteiger partial charge in [0.05, 0.1) is 7.11 Å². The zero-order chi connectivity index (χ0) is 13.9. The van der Waals surface area contributed by atoms with Crippen LogP contribution in [0, 0.1) is 0 Å². The molecule has 0 saturated carbocycles. The third-order valence-electron chi connectivity index (χ3n) is 3.78. The molecule has 2 saturated heterocycles. The summed E-state index contributed by atoms with van der Waals surface area (Å²) >= 11 is 1.81. The van der Waals surface area contributed by atoms with Crippen molar-refractivity contribution < 1.29 is 14.3 Å². The van der Waals surface area contributed by atoms with Crippen LogP contribution in [-0.2, 0) is 9.53 Å². The lowest BCUT2D eigenvalue weighted by molar-refractivity contribution is -0.141. The van der Waals surface area contributed by atoms with Crippen LogP contribution in [0.25, 0.3) is 0 Å². The zero-order valence-corrected chi connectivity index (χ0v) is 12.4. The minimum Gasteiger partial charge on any atom is -0.497 e. The maximum atomic E-state index is 12.5. The topological polar surface area (TPSA) is 38.8 Å². The predicted molar refractivity (Wildman–Crippen MR) is 78.9 cm³/mol. The molecule has 3 rings (SSSR count). The second-order valence-corrected chi connectivity index (χ2v) is 6.22. The van der Waals surface area contributed by atoms with Gasteiger partial charge in [0.25, 0.3) is 5.91 Å². The maximum absolute atomic E-state index is 12.5. The third kappa shape index (κ3) is 2.65. The first-order valence-electron chi connectivity index (χ1n) is 6.97. The first kappa shape index (κ1) is 13.8. The van der Waals surface area contributed by atoms with E-state index in [1.807, 2.05) is 40.9 Å². The molecule has 0 bridgehead atoms. The number of carbonyl (C=O) groups excluding carboxylic acids is 1. The van der Waals surface area contributed by atoms with Crippen LogP contribution in [0.2, 0.25) is 0 Å². The summed E-state index contributed by atoms with van der Waals surface area (Å²) in [5.74, 6) is 1.97. The van der Waals surface area contributed by atoms with Crippen LogP contribution in [-0.4, -0.2) is 42.9 Å². The Bertz CT molecular complexity index is 471. The number of hydrogen-bond acceptors (Lipinski definition) is 4. The summed E-state index contributed by atoms with van der Waals surface area (Å²) in [6.45, 7) is 1.52. The Balaban J connectivity index is 1.75. The highest BCUT2D eigenvalue weighted by atomic mass is 32.2. The van der Waals surface area contributed by atoms with Crippen LogP contribution in [0.1, 0.15) is 23.8 Å². The molecule has 0 aliphatic carbocycles. The molecule has 2 unspecified atom stereocenters. The highest BCUT2D eigenvalue weighted by molar-refractivity contribution is 7.99. The summed E-state index contributed by atoms with van der Waals surface area (Å²) in [7, 11) is 1.66. The molecule has 108 valence electrons. The van der Waals surface area contributed by atoms with Crippen molar-refractivity contribution in [2.75, 3.05) is 26.0 Å². The molecule has 5 heteroatoms. The second-order valence-electron chi connectivity index (χ2n) is 5.03. The average molecular weight is 293 g/mol. The Labute approximate surface area is 123 Å². The highest BCUT2D eigenvalue weighted by Crippen LogP contribution is 2.39. The van der Waals surface area contributed by atoms with Crippen molar-refractivity contribution in [3.8, 4) is 5.75 Å². The van der Waals surface area contributed by atoms with Crippen LogP contribution >= 0.6 is 11.8 Å². The molecule has 1 aromatic carbocycles. The number of rotatable bonds is 3. The van der Waals surface area contributed by atoms with Gasteiger partial charge in [-0.25, -0.2) is 0 Å². The van der Waals surface area contributed by atoms with Crippen LogP contribution in [0.5, 0.6) is 5.75 Å². The molecular formula is C15H19NO3S. The van der Waals surface area contributed by atoms with Gasteiger partial charge in [-0.2, -0.15) is 0 Å². The number of thioether (sulfide) groups is 1. The number of carbonyl (C=O) groups is 1. The number of nitrogens with zero attached hydrogens (tertiary/aromatic N) is 1. The molecule has 20 heavy (non-hydrogen) atoms. The minimum atomic E-state index is -0.227. The molecule has 4 nitrogen and oxygen atoms in total. The van der Waals surface area contributed by atoms with E-state index in [1.165, 1.54) is 0 Å². The first-order chi connectivity index (χ1) is 9.79. The monoisotopic (exact) mass is 293 g/mol. The van der Waals surface area contributed by atoms with Crippen molar-refractivity contribution >= 4 is 17.7 Å². The quantitative estimate of drug-likeness (QED) is 0.858. The van der Waals surface area contributed by atoms with E-state index in [1.54, 1.807) is 7.11 Å². The van der Waals surface area contributed by atoms with Gasteiger partial charge < -0.3 is 14.4 Å². The van der Waals surface area contributed by atoms with Crippen molar-refractivity contribution in [1.82, 2.24) is 4.90 Å². The first-order valence-corrected chi connectivity index (χ1v) is 8.02. The van der Waals surface area contributed by atoms with Gasteiger partial charge in [-0.1, -0.05) is 12.1 Å². The van der Waals surface area contributed by atoms with Gasteiger partial charge in [0, 0.05) is 18.9 Å². The smallest absolute Gasteiger partial charge is 0.252 e. The Hall–Kier alpha value is -1.20. The van der Waals surface area contributed by atoms with Gasteiger partial charge in [0.1, 0.15) is 17.2 Å². The third-order valence-corrected chi connectivity index (χ3v) is 5.04. The van der Waals surface area contributed by atoms with E-state index in [4.69, 9.17) is 9.47 Å². The lowest BCUT2D eigenvalue weighted by Gasteiger charge is -2.26. The Morgan fingerprint density at radius 2 is 2.20 bits per heavy atom. The molecule has 1 aromatic rings. The Morgan fingerprint density at radius 1 is 1.40 bits per heavy atom. The predicted octanol–water partition coefficient (Wildman–Crippen LogP) is 2.45. The van der Waals surface area contributed by atoms with E-state index in [-0.39, 0.29) is 17.4 Å². The summed E-state index contributed by atoms with van der Waals surface area (Å²) in [5.41, 5.74) is 1.15. The highest BCUT2D eigenvalue weighted by Gasteiger charge is 2.36. The molecule has 2 aliphatic heterocycles. The number of methoxy groups -OCH3 is 1. The fraction of sp³-hybridized carbons (Fsp3) is 0.533. The van der Waals surface area contributed by atoms with Crippen molar-refractivity contribution in [1.29, 1.82) is 0 Å². The van der Waals surface area contributed by atoms with Crippen molar-refractivity contribution in [3.63, 3.8) is 0 Å². The average Bonchev–Trinajstić information content (AvgIpc) is 3.18. The molecule has 2 heterocycles. The fourth-order valence-corrected chi connectivity index (χ4v) is 3.96. The number of benzene rings is 1. The van der Waals surface area contributed by atoms with Crippen molar-refractivity contribution in [2.24, 2.45) is 0 Å². The number of ether oxygens (including phenoxy) is 2. The standard InChI is InChI=1S/C15H19NO3S/c1-18-12-6-4-11(5-7-12)15-16(8-10-20-15)14(17)13-3-2-9-19-13/h4-7,13,15H,2-3,8-10H2,1H3. The SMILES string of the molecule is COc1ccc(C2SCCN2C(=O)C2CCCO2)cc1. The summed E-state index contributed by atoms with van der Waals surface area (Å²) in [6, 6.07) is 7.97. The molecule has 0 spiro atoms. The van der Waals surface area contributed by atoms with E-state index in [2.05, 4.69) is 0 Å². The molecule has 2 aliphatic rings. The van der Waals surface area contributed by atoms with E-state index < -0.39 is 0 Å². The van der Waals surface area contributed by atoms with Gasteiger partial charge in [-0.3, -0.25) is 4.79 Å². The Morgan fingerprint density at radius 3 is 2.85 bits per heavy atom. The summed E-state index contributed by atoms with van der Waals surface area (Å²) in [6.07, 6.45) is 1.62. The van der Waals surface area contributed by atoms with Crippen molar-refractivity contribution in [2.45, 2.75) is 24.3 Å². The van der Waals surface area contributed by atoms with Crippen LogP contribution in [0.4, 0.5) is 0 Å². The summed E-state index contributed by atoms with van der Waals surface area (Å²) in [5, 5.41) is 0.109. The largest absolute Gasteiger partial charge is 0.497 e. The maximum Gasteiger partial charge on any atom is 0.252 e. The number of hydrogen-bond donors (Lipinski definition) is 0. The molecule has 0 aromatic heterocycles. The van der Waals surface area contributed by atoms with Gasteiger partial charge in [0.2, 0.25) is 0 Å². The molecule has 2 fully saturated rings. The normalized spacial score (nSPS) is 25.9. The van der Waals surface area contributed by atoms with Crippen molar-refractivity contribution in [3.05, 3.63) is 29.8 Å². The molecule has 1 amide bonds. The molecule has 2 atom stereocenters. The lowest BCUT2D eigenvalue weighted by Crippen LogP contribution is -2.38. The minimum absolute atomic E-state index is 0.109.